The average molecular weight is 554 g/mol. The summed E-state index contributed by atoms with van der Waals surface area (Å²) in [4.78, 5) is 17.0. The van der Waals surface area contributed by atoms with Crippen molar-refractivity contribution in [2.24, 2.45) is 0 Å². The lowest BCUT2D eigenvalue weighted by atomic mass is 9.84. The van der Waals surface area contributed by atoms with Gasteiger partial charge >= 0.3 is 6.18 Å². The number of nitrogens with one attached hydrogen (secondary N) is 1. The Labute approximate surface area is 211 Å². The van der Waals surface area contributed by atoms with Gasteiger partial charge < -0.3 is 10.4 Å². The molecule has 3 rings (SSSR count). The molecule has 1 saturated carbocycles. The number of hydrogen-bond acceptors (Lipinski definition) is 5. The summed E-state index contributed by atoms with van der Waals surface area (Å²) < 4.78 is 77.0. The molecule has 1 aliphatic rings. The molecule has 0 aliphatic heterocycles. The van der Waals surface area contributed by atoms with Crippen LogP contribution in [0.15, 0.2) is 18.2 Å². The van der Waals surface area contributed by atoms with Crippen molar-refractivity contribution in [3.63, 3.8) is 0 Å². The number of aliphatic hydroxyl groups is 1. The van der Waals surface area contributed by atoms with Crippen LogP contribution in [-0.2, 0) is 22.7 Å². The van der Waals surface area contributed by atoms with Crippen LogP contribution >= 0.6 is 11.6 Å². The Morgan fingerprint density at radius 2 is 1.94 bits per heavy atom. The Bertz CT molecular complexity index is 1220. The summed E-state index contributed by atoms with van der Waals surface area (Å²) in [5.74, 6) is -1.25. The van der Waals surface area contributed by atoms with Crippen molar-refractivity contribution in [3.8, 4) is 5.69 Å². The highest BCUT2D eigenvalue weighted by molar-refractivity contribution is 7.91. The first-order valence-corrected chi connectivity index (χ1v) is 13.8. The lowest BCUT2D eigenvalue weighted by Gasteiger charge is -2.35. The van der Waals surface area contributed by atoms with Crippen molar-refractivity contribution < 1.29 is 35.9 Å². The number of benzene rings is 1. The molecule has 36 heavy (non-hydrogen) atoms. The van der Waals surface area contributed by atoms with Crippen LogP contribution in [0.25, 0.3) is 5.69 Å². The van der Waals surface area contributed by atoms with Gasteiger partial charge in [-0.05, 0) is 49.8 Å². The number of alkyl halides is 3. The fourth-order valence-corrected chi connectivity index (χ4v) is 5.71. The molecule has 1 aliphatic carbocycles. The average Bonchev–Trinajstić information content (AvgIpc) is 3.11. The van der Waals surface area contributed by atoms with Gasteiger partial charge in [-0.2, -0.15) is 13.2 Å². The van der Waals surface area contributed by atoms with Crippen molar-refractivity contribution in [1.82, 2.24) is 14.9 Å². The molecular formula is C23H28ClF4N3O4S. The number of sulfone groups is 1. The predicted molar refractivity (Wildman–Crippen MR) is 127 cm³/mol. The topological polar surface area (TPSA) is 101 Å². The quantitative estimate of drug-likeness (QED) is 0.478. The van der Waals surface area contributed by atoms with Crippen molar-refractivity contribution in [2.75, 3.05) is 12.8 Å². The number of carbonyl (C=O) groups is 1. The van der Waals surface area contributed by atoms with Gasteiger partial charge in [0.15, 0.2) is 5.69 Å². The van der Waals surface area contributed by atoms with Gasteiger partial charge in [0.05, 0.1) is 16.5 Å². The Morgan fingerprint density at radius 1 is 1.31 bits per heavy atom. The summed E-state index contributed by atoms with van der Waals surface area (Å²) in [6.45, 7) is 1.57. The maximum absolute atomic E-state index is 14.9. The highest BCUT2D eigenvalue weighted by Gasteiger charge is 2.37. The van der Waals surface area contributed by atoms with E-state index in [9.17, 15) is 35.9 Å². The minimum atomic E-state index is -4.36. The number of hydrogen-bond donors (Lipinski definition) is 2. The highest BCUT2D eigenvalue weighted by Crippen LogP contribution is 2.32. The second-order valence-corrected chi connectivity index (χ2v) is 11.9. The highest BCUT2D eigenvalue weighted by atomic mass is 35.5. The molecule has 1 fully saturated rings. The molecule has 0 radical (unpaired) electrons. The minimum absolute atomic E-state index is 0.0584. The van der Waals surface area contributed by atoms with E-state index in [1.165, 1.54) is 16.7 Å². The van der Waals surface area contributed by atoms with Crippen LogP contribution in [0.4, 0.5) is 17.6 Å². The van der Waals surface area contributed by atoms with Crippen LogP contribution in [0.2, 0.25) is 5.15 Å². The third-order valence-electron chi connectivity index (χ3n) is 6.42. The zero-order chi connectivity index (χ0) is 26.9. The molecular weight excluding hydrogens is 526 g/mol. The van der Waals surface area contributed by atoms with Crippen LogP contribution in [0, 0.1) is 5.82 Å². The van der Waals surface area contributed by atoms with E-state index >= 15 is 0 Å². The third kappa shape index (κ3) is 6.77. The zero-order valence-electron chi connectivity index (χ0n) is 19.8. The summed E-state index contributed by atoms with van der Waals surface area (Å²) in [5.41, 5.74) is -1.36. The van der Waals surface area contributed by atoms with Crippen molar-refractivity contribution in [2.45, 2.75) is 68.9 Å². The lowest BCUT2D eigenvalue weighted by Crippen LogP contribution is -2.47. The summed E-state index contributed by atoms with van der Waals surface area (Å²) in [6, 6.07) is 3.65. The lowest BCUT2D eigenvalue weighted by molar-refractivity contribution is -0.134. The molecule has 0 spiro atoms. The molecule has 1 amide bonds. The van der Waals surface area contributed by atoms with E-state index in [1.807, 2.05) is 0 Å². The van der Waals surface area contributed by atoms with E-state index in [-0.39, 0.29) is 73.0 Å². The first-order chi connectivity index (χ1) is 16.6. The van der Waals surface area contributed by atoms with Crippen LogP contribution in [-0.4, -0.2) is 58.8 Å². The van der Waals surface area contributed by atoms with Gasteiger partial charge in [0.1, 0.15) is 26.6 Å². The minimum Gasteiger partial charge on any atom is -0.388 e. The first-order valence-electron chi connectivity index (χ1n) is 11.5. The number of aromatic nitrogens is 2. The number of nitrogens with zero attached hydrogens (tertiary/aromatic N) is 2. The van der Waals surface area contributed by atoms with Crippen molar-refractivity contribution in [1.29, 1.82) is 0 Å². The number of rotatable bonds is 8. The number of halogens is 5. The molecule has 13 heteroatoms. The molecule has 2 aromatic rings. The SMILES string of the molecule is CCc1nc(C(=O)NC[C@]2(O)CC[C@@H](S(C)(=O)=O)CC2)c(Cl)n1-c1ccc(CCC(F)(F)F)cc1F. The normalized spacial score (nSPS) is 20.9. The summed E-state index contributed by atoms with van der Waals surface area (Å²) in [6.07, 6.45) is -3.44. The van der Waals surface area contributed by atoms with E-state index < -0.39 is 45.0 Å². The molecule has 0 bridgehead atoms. The monoisotopic (exact) mass is 553 g/mol. The Kier molecular flexibility index (Phi) is 8.41. The van der Waals surface area contributed by atoms with Crippen molar-refractivity contribution >= 4 is 27.3 Å². The second-order valence-electron chi connectivity index (χ2n) is 9.19. The second kappa shape index (κ2) is 10.7. The number of imidazole rings is 1. The molecule has 2 N–H and O–H groups in total. The summed E-state index contributed by atoms with van der Waals surface area (Å²) >= 11 is 6.39. The van der Waals surface area contributed by atoms with Crippen LogP contribution in [0.3, 0.4) is 0 Å². The van der Waals surface area contributed by atoms with Gasteiger partial charge in [0.2, 0.25) is 0 Å². The Balaban J connectivity index is 1.75. The van der Waals surface area contributed by atoms with E-state index in [1.54, 1.807) is 6.92 Å². The molecule has 0 unspecified atom stereocenters. The van der Waals surface area contributed by atoms with Gasteiger partial charge in [-0.25, -0.2) is 17.8 Å². The summed E-state index contributed by atoms with van der Waals surface area (Å²) in [7, 11) is -3.21. The molecule has 200 valence electrons. The van der Waals surface area contributed by atoms with Crippen LogP contribution in [0.1, 0.15) is 60.9 Å². The zero-order valence-corrected chi connectivity index (χ0v) is 21.4. The third-order valence-corrected chi connectivity index (χ3v) is 8.45. The maximum atomic E-state index is 14.9. The van der Waals surface area contributed by atoms with Crippen molar-refractivity contribution in [3.05, 3.63) is 46.3 Å². The van der Waals surface area contributed by atoms with E-state index in [0.717, 1.165) is 12.3 Å². The Hall–Kier alpha value is -2.18. The van der Waals surface area contributed by atoms with Gasteiger partial charge in [0, 0.05) is 25.6 Å². The fourth-order valence-electron chi connectivity index (χ4n) is 4.31. The number of amides is 1. The largest absolute Gasteiger partial charge is 0.389 e. The molecule has 7 nitrogen and oxygen atoms in total. The molecule has 0 saturated heterocycles. The molecule has 1 aromatic carbocycles. The first kappa shape index (κ1) is 28.4. The molecule has 1 heterocycles. The predicted octanol–water partition coefficient (Wildman–Crippen LogP) is 4.17. The molecule has 1 aromatic heterocycles. The van der Waals surface area contributed by atoms with Crippen LogP contribution in [0.5, 0.6) is 0 Å². The number of carbonyl (C=O) groups excluding carboxylic acids is 1. The maximum Gasteiger partial charge on any atom is 0.389 e. The van der Waals surface area contributed by atoms with Gasteiger partial charge in [-0.1, -0.05) is 24.6 Å². The molecule has 0 atom stereocenters. The number of aryl methyl sites for hydroxylation is 2. The summed E-state index contributed by atoms with van der Waals surface area (Å²) in [5, 5.41) is 12.6. The Morgan fingerprint density at radius 3 is 2.47 bits per heavy atom. The van der Waals surface area contributed by atoms with Crippen LogP contribution < -0.4 is 5.32 Å². The standard InChI is InChI=1S/C23H28ClF4N3O4S/c1-3-18-30-19(21(32)29-13-22(33)9-7-15(8-10-22)36(2,34)35)20(24)31(18)17-5-4-14(12-16(17)25)6-11-23(26,27)28/h4-5,12,15,33H,3,6-11,13H2,1-2H3,(H,29,32)/t15-,22+. The van der Waals surface area contributed by atoms with E-state index in [0.29, 0.717) is 0 Å². The van der Waals surface area contributed by atoms with Gasteiger partial charge in [-0.3, -0.25) is 9.36 Å². The van der Waals surface area contributed by atoms with E-state index in [4.69, 9.17) is 11.6 Å². The van der Waals surface area contributed by atoms with Gasteiger partial charge in [-0.15, -0.1) is 0 Å². The fraction of sp³-hybridized carbons (Fsp3) is 0.565. The van der Waals surface area contributed by atoms with E-state index in [2.05, 4.69) is 10.3 Å². The smallest absolute Gasteiger partial charge is 0.388 e. The van der Waals surface area contributed by atoms with Gasteiger partial charge in [0.25, 0.3) is 5.91 Å².